The van der Waals surface area contributed by atoms with Gasteiger partial charge in [0.05, 0.1) is 11.0 Å². The summed E-state index contributed by atoms with van der Waals surface area (Å²) in [4.78, 5) is 14.9. The highest BCUT2D eigenvalue weighted by Crippen LogP contribution is 2.26. The Hall–Kier alpha value is -1.67. The van der Waals surface area contributed by atoms with Crippen molar-refractivity contribution < 1.29 is 0 Å². The summed E-state index contributed by atoms with van der Waals surface area (Å²) < 4.78 is 3.00. The van der Waals surface area contributed by atoms with Gasteiger partial charge in [0.15, 0.2) is 0 Å². The van der Waals surface area contributed by atoms with Crippen molar-refractivity contribution in [1.82, 2.24) is 19.5 Å². The zero-order chi connectivity index (χ0) is 12.5. The molecule has 0 unspecified atom stereocenters. The van der Waals surface area contributed by atoms with E-state index < -0.39 is 0 Å². The van der Waals surface area contributed by atoms with Crippen LogP contribution in [0.15, 0.2) is 23.1 Å². The van der Waals surface area contributed by atoms with Crippen molar-refractivity contribution in [1.29, 1.82) is 0 Å². The van der Waals surface area contributed by atoms with E-state index in [0.29, 0.717) is 5.95 Å². The maximum Gasteiger partial charge on any atom is 0.239 e. The van der Waals surface area contributed by atoms with Crippen LogP contribution in [0.2, 0.25) is 0 Å². The third-order valence-corrected chi connectivity index (χ3v) is 3.46. The van der Waals surface area contributed by atoms with E-state index in [1.54, 1.807) is 6.20 Å². The first-order chi connectivity index (χ1) is 8.78. The maximum absolute atomic E-state index is 5.33. The first-order valence-electron chi connectivity index (χ1n) is 5.52. The highest BCUT2D eigenvalue weighted by Gasteiger charge is 2.20. The Morgan fingerprint density at radius 1 is 1.33 bits per heavy atom. The van der Waals surface area contributed by atoms with E-state index in [-0.39, 0.29) is 0 Å². The fraction of sp³-hybridized carbons (Fsp3) is 0.300. The van der Waals surface area contributed by atoms with Crippen LogP contribution < -0.4 is 16.2 Å². The van der Waals surface area contributed by atoms with Gasteiger partial charge < -0.3 is 9.47 Å². The monoisotopic (exact) mass is 309 g/mol. The van der Waals surface area contributed by atoms with Crippen LogP contribution >= 0.6 is 15.9 Å². The number of nitrogens with two attached hydrogens (primary N) is 1. The summed E-state index contributed by atoms with van der Waals surface area (Å²) in [5.74, 6) is 7.60. The number of hydrazine groups is 1. The lowest BCUT2D eigenvalue weighted by Gasteiger charge is -2.29. The van der Waals surface area contributed by atoms with E-state index in [1.807, 2.05) is 12.4 Å². The third-order valence-electron chi connectivity index (χ3n) is 2.90. The first-order valence-corrected chi connectivity index (χ1v) is 6.31. The van der Waals surface area contributed by atoms with Gasteiger partial charge in [-0.2, -0.15) is 4.98 Å². The molecule has 0 spiro atoms. The average molecular weight is 310 g/mol. The summed E-state index contributed by atoms with van der Waals surface area (Å²) in [5.41, 5.74) is 2.46. The molecular formula is C10H12BrN7. The summed E-state index contributed by atoms with van der Waals surface area (Å²) in [6, 6.07) is 0. The van der Waals surface area contributed by atoms with Gasteiger partial charge in [-0.15, -0.1) is 0 Å². The van der Waals surface area contributed by atoms with Gasteiger partial charge in [0.1, 0.15) is 11.6 Å². The fourth-order valence-corrected chi connectivity index (χ4v) is 2.45. The average Bonchev–Trinajstić information content (AvgIpc) is 2.86. The Kier molecular flexibility index (Phi) is 2.88. The number of aromatic nitrogens is 4. The van der Waals surface area contributed by atoms with Crippen molar-refractivity contribution in [2.45, 2.75) is 13.1 Å². The summed E-state index contributed by atoms with van der Waals surface area (Å²) >= 11 is 3.46. The minimum Gasteiger partial charge on any atom is -0.346 e. The van der Waals surface area contributed by atoms with Crippen molar-refractivity contribution in [3.05, 3.63) is 28.9 Å². The summed E-state index contributed by atoms with van der Waals surface area (Å²) in [6.45, 7) is 2.51. The zero-order valence-electron chi connectivity index (χ0n) is 9.54. The third kappa shape index (κ3) is 1.93. The number of fused-ring (bicyclic) bond motifs is 1. The fourth-order valence-electron chi connectivity index (χ4n) is 2.00. The molecule has 0 fully saturated rings. The van der Waals surface area contributed by atoms with Crippen LogP contribution in [0.4, 0.5) is 11.8 Å². The molecule has 0 atom stereocenters. The Labute approximate surface area is 112 Å². The van der Waals surface area contributed by atoms with Gasteiger partial charge in [0.25, 0.3) is 0 Å². The topological polar surface area (TPSA) is 84.9 Å². The molecule has 2 aromatic heterocycles. The van der Waals surface area contributed by atoms with Crippen molar-refractivity contribution in [3.8, 4) is 0 Å². The number of nitrogens with zero attached hydrogens (tertiary/aromatic N) is 5. The lowest BCUT2D eigenvalue weighted by atomic mass is 10.3. The van der Waals surface area contributed by atoms with Gasteiger partial charge >= 0.3 is 0 Å². The molecule has 0 amide bonds. The number of hydrogen-bond acceptors (Lipinski definition) is 6. The molecular weight excluding hydrogens is 298 g/mol. The number of imidazole rings is 1. The molecule has 3 rings (SSSR count). The van der Waals surface area contributed by atoms with Gasteiger partial charge in [-0.3, -0.25) is 5.43 Å². The largest absolute Gasteiger partial charge is 0.346 e. The van der Waals surface area contributed by atoms with Crippen LogP contribution in [-0.2, 0) is 13.1 Å². The van der Waals surface area contributed by atoms with E-state index in [0.717, 1.165) is 35.7 Å². The molecule has 0 bridgehead atoms. The van der Waals surface area contributed by atoms with Crippen molar-refractivity contribution in [2.75, 3.05) is 16.9 Å². The summed E-state index contributed by atoms with van der Waals surface area (Å²) in [5, 5.41) is 0. The second-order valence-corrected chi connectivity index (χ2v) is 4.82. The predicted octanol–water partition coefficient (Wildman–Crippen LogP) is 0.741. The number of anilines is 2. The Morgan fingerprint density at radius 3 is 3.06 bits per heavy atom. The molecule has 7 nitrogen and oxygen atoms in total. The van der Waals surface area contributed by atoms with E-state index in [1.165, 1.54) is 0 Å². The molecule has 0 radical (unpaired) electrons. The smallest absolute Gasteiger partial charge is 0.239 e. The Morgan fingerprint density at radius 2 is 2.22 bits per heavy atom. The molecule has 0 aromatic carbocycles. The van der Waals surface area contributed by atoms with Crippen LogP contribution in [0.25, 0.3) is 0 Å². The molecule has 1 aliphatic heterocycles. The first kappa shape index (κ1) is 11.4. The number of hydrogen-bond donors (Lipinski definition) is 2. The molecule has 8 heteroatoms. The Bertz CT molecular complexity index is 567. The molecule has 18 heavy (non-hydrogen) atoms. The van der Waals surface area contributed by atoms with Crippen molar-refractivity contribution in [3.63, 3.8) is 0 Å². The standard InChI is InChI=1S/C10H12BrN7/c11-7-5-14-10(16-12)15-9(7)18-4-3-17-2-1-13-8(17)6-18/h1-2,5H,3-4,6,12H2,(H,14,15,16). The van der Waals surface area contributed by atoms with Crippen LogP contribution in [-0.4, -0.2) is 26.1 Å². The van der Waals surface area contributed by atoms with Gasteiger partial charge in [-0.1, -0.05) is 0 Å². The quantitative estimate of drug-likeness (QED) is 0.629. The SMILES string of the molecule is NNc1ncc(Br)c(N2CCn3ccnc3C2)n1. The van der Waals surface area contributed by atoms with Crippen molar-refractivity contribution in [2.24, 2.45) is 5.84 Å². The minimum atomic E-state index is 0.405. The van der Waals surface area contributed by atoms with E-state index >= 15 is 0 Å². The zero-order valence-corrected chi connectivity index (χ0v) is 11.1. The Balaban J connectivity index is 1.92. The molecule has 3 heterocycles. The maximum atomic E-state index is 5.33. The van der Waals surface area contributed by atoms with E-state index in [4.69, 9.17) is 5.84 Å². The van der Waals surface area contributed by atoms with Gasteiger partial charge in [-0.25, -0.2) is 15.8 Å². The molecule has 0 aliphatic carbocycles. The minimum absolute atomic E-state index is 0.405. The number of rotatable bonds is 2. The van der Waals surface area contributed by atoms with Crippen LogP contribution in [0.5, 0.6) is 0 Å². The summed E-state index contributed by atoms with van der Waals surface area (Å²) in [6.07, 6.45) is 5.51. The number of nitrogen functional groups attached to an aromatic ring is 1. The van der Waals surface area contributed by atoms with Crippen LogP contribution in [0.3, 0.4) is 0 Å². The van der Waals surface area contributed by atoms with Gasteiger partial charge in [0.2, 0.25) is 5.95 Å². The van der Waals surface area contributed by atoms with E-state index in [2.05, 4.69) is 45.8 Å². The molecule has 2 aromatic rings. The van der Waals surface area contributed by atoms with Crippen LogP contribution in [0.1, 0.15) is 5.82 Å². The number of halogens is 1. The van der Waals surface area contributed by atoms with Gasteiger partial charge in [-0.05, 0) is 15.9 Å². The molecule has 1 aliphatic rings. The van der Waals surface area contributed by atoms with Crippen LogP contribution in [0, 0.1) is 0 Å². The second kappa shape index (κ2) is 4.54. The highest BCUT2D eigenvalue weighted by molar-refractivity contribution is 9.10. The van der Waals surface area contributed by atoms with Gasteiger partial charge in [0, 0.05) is 31.7 Å². The normalized spacial score (nSPS) is 14.4. The predicted molar refractivity (Wildman–Crippen MR) is 70.8 cm³/mol. The molecule has 0 saturated heterocycles. The lowest BCUT2D eigenvalue weighted by Crippen LogP contribution is -2.34. The second-order valence-electron chi connectivity index (χ2n) is 3.97. The number of nitrogens with one attached hydrogen (secondary N) is 1. The molecule has 3 N–H and O–H groups in total. The highest BCUT2D eigenvalue weighted by atomic mass is 79.9. The lowest BCUT2D eigenvalue weighted by molar-refractivity contribution is 0.555. The molecule has 94 valence electrons. The van der Waals surface area contributed by atoms with E-state index in [9.17, 15) is 0 Å². The molecule has 0 saturated carbocycles. The van der Waals surface area contributed by atoms with Crippen molar-refractivity contribution >= 4 is 27.7 Å². The summed E-state index contributed by atoms with van der Waals surface area (Å²) in [7, 11) is 0.